The molecular weight excluding hydrogens is 269 g/mol. The van der Waals surface area contributed by atoms with Gasteiger partial charge in [-0.1, -0.05) is 12.1 Å². The smallest absolute Gasteiger partial charge is 0.300 e. The van der Waals surface area contributed by atoms with Gasteiger partial charge in [0, 0.05) is 16.2 Å². The summed E-state index contributed by atoms with van der Waals surface area (Å²) in [6, 6.07) is 4.66. The Morgan fingerprint density at radius 1 is 1.35 bits per heavy atom. The first-order valence-electron chi connectivity index (χ1n) is 4.74. The van der Waals surface area contributed by atoms with E-state index >= 15 is 0 Å². The molecule has 0 amide bonds. The van der Waals surface area contributed by atoms with Crippen molar-refractivity contribution in [1.29, 1.82) is 0 Å². The molecule has 1 nitrogen and oxygen atoms in total. The lowest BCUT2D eigenvalue weighted by Gasteiger charge is -2.12. The van der Waals surface area contributed by atoms with Crippen LogP contribution in [0.15, 0.2) is 28.0 Å². The van der Waals surface area contributed by atoms with Gasteiger partial charge in [-0.3, -0.25) is 4.79 Å². The number of alkyl halides is 3. The predicted molar refractivity (Wildman–Crippen MR) is 64.5 cm³/mol. The van der Waals surface area contributed by atoms with Crippen molar-refractivity contribution in [1.82, 2.24) is 0 Å². The van der Waals surface area contributed by atoms with Crippen LogP contribution in [0.25, 0.3) is 0 Å². The summed E-state index contributed by atoms with van der Waals surface area (Å²) in [5.74, 6) is -0.0607. The van der Waals surface area contributed by atoms with Crippen LogP contribution in [0.3, 0.4) is 0 Å². The van der Waals surface area contributed by atoms with E-state index < -0.39 is 5.51 Å². The first-order valence-corrected chi connectivity index (χ1v) is 6.78. The Morgan fingerprint density at radius 3 is 2.47 bits per heavy atom. The molecular formula is C11H11F3OS2. The number of halogens is 3. The second-order valence-electron chi connectivity index (χ2n) is 3.38. The van der Waals surface area contributed by atoms with Crippen LogP contribution in [0.4, 0.5) is 13.2 Å². The highest BCUT2D eigenvalue weighted by Crippen LogP contribution is 2.42. The first kappa shape index (κ1) is 14.4. The highest BCUT2D eigenvalue weighted by Gasteiger charge is 2.30. The summed E-state index contributed by atoms with van der Waals surface area (Å²) in [5.41, 5.74) is -3.65. The van der Waals surface area contributed by atoms with E-state index in [1.807, 2.05) is 0 Å². The third-order valence-corrected chi connectivity index (χ3v) is 3.74. The summed E-state index contributed by atoms with van der Waals surface area (Å²) in [6.07, 6.45) is 1.88. The van der Waals surface area contributed by atoms with E-state index in [9.17, 15) is 18.0 Å². The van der Waals surface area contributed by atoms with Gasteiger partial charge in [-0.25, -0.2) is 0 Å². The Hall–Kier alpha value is -0.620. The molecule has 1 aromatic carbocycles. The van der Waals surface area contributed by atoms with Crippen molar-refractivity contribution in [2.75, 3.05) is 6.26 Å². The molecule has 0 bridgehead atoms. The molecule has 6 heteroatoms. The van der Waals surface area contributed by atoms with E-state index in [0.717, 1.165) is 0 Å². The van der Waals surface area contributed by atoms with E-state index in [1.165, 1.54) is 24.8 Å². The number of rotatable bonds is 4. The number of benzene rings is 1. The Kier molecular flexibility index (Phi) is 4.94. The average molecular weight is 280 g/mol. The van der Waals surface area contributed by atoms with Crippen LogP contribution in [-0.2, 0) is 11.2 Å². The summed E-state index contributed by atoms with van der Waals surface area (Å²) >= 11 is 1.09. The van der Waals surface area contributed by atoms with Crippen molar-refractivity contribution in [2.45, 2.75) is 28.6 Å². The van der Waals surface area contributed by atoms with E-state index in [2.05, 4.69) is 0 Å². The lowest BCUT2D eigenvalue weighted by atomic mass is 10.1. The maximum absolute atomic E-state index is 12.3. The van der Waals surface area contributed by atoms with Crippen LogP contribution in [0.5, 0.6) is 0 Å². The molecule has 1 aromatic rings. The van der Waals surface area contributed by atoms with Gasteiger partial charge < -0.3 is 0 Å². The van der Waals surface area contributed by atoms with E-state index in [0.29, 0.717) is 10.5 Å². The van der Waals surface area contributed by atoms with Gasteiger partial charge in [0.25, 0.3) is 0 Å². The minimum atomic E-state index is -4.31. The van der Waals surface area contributed by atoms with E-state index in [1.54, 1.807) is 18.4 Å². The quantitative estimate of drug-likeness (QED) is 0.771. The number of Topliss-reactive ketones (excluding diaryl/α,β-unsaturated/α-hetero) is 1. The highest BCUT2D eigenvalue weighted by molar-refractivity contribution is 8.02. The minimum absolute atomic E-state index is 0.0607. The number of ketones is 1. The van der Waals surface area contributed by atoms with Gasteiger partial charge in [-0.15, -0.1) is 11.8 Å². The Bertz CT molecular complexity index is 416. The number of carbonyl (C=O) groups is 1. The number of thioether (sulfide) groups is 2. The van der Waals surface area contributed by atoms with Gasteiger partial charge >= 0.3 is 5.51 Å². The Morgan fingerprint density at radius 2 is 2.00 bits per heavy atom. The van der Waals surface area contributed by atoms with Crippen molar-refractivity contribution >= 4 is 29.3 Å². The second-order valence-corrected chi connectivity index (χ2v) is 5.30. The molecule has 0 N–H and O–H groups in total. The fourth-order valence-electron chi connectivity index (χ4n) is 1.41. The largest absolute Gasteiger partial charge is 0.446 e. The van der Waals surface area contributed by atoms with Crippen LogP contribution in [0.1, 0.15) is 12.5 Å². The maximum Gasteiger partial charge on any atom is 0.446 e. The number of carbonyl (C=O) groups excluding carboxylic acids is 1. The molecule has 0 fully saturated rings. The first-order chi connectivity index (χ1) is 7.83. The standard InChI is InChI=1S/C11H11F3OS2/c1-7(15)6-8-4-3-5-9(10(8)16-2)17-11(12,13)14/h3-5H,6H2,1-2H3. The van der Waals surface area contributed by atoms with Crippen molar-refractivity contribution in [2.24, 2.45) is 0 Å². The molecule has 0 saturated carbocycles. The molecule has 0 radical (unpaired) electrons. The zero-order valence-corrected chi connectivity index (χ0v) is 10.9. The van der Waals surface area contributed by atoms with E-state index in [4.69, 9.17) is 0 Å². The molecule has 0 heterocycles. The lowest BCUT2D eigenvalue weighted by Crippen LogP contribution is -2.03. The van der Waals surface area contributed by atoms with Crippen LogP contribution in [0, 0.1) is 0 Å². The third kappa shape index (κ3) is 4.63. The monoisotopic (exact) mass is 280 g/mol. The molecule has 0 atom stereocenters. The molecule has 94 valence electrons. The molecule has 17 heavy (non-hydrogen) atoms. The minimum Gasteiger partial charge on any atom is -0.300 e. The zero-order chi connectivity index (χ0) is 13.1. The maximum atomic E-state index is 12.3. The zero-order valence-electron chi connectivity index (χ0n) is 9.30. The molecule has 0 spiro atoms. The Labute approximate surface area is 106 Å². The summed E-state index contributed by atoms with van der Waals surface area (Å²) < 4.78 is 37.0. The summed E-state index contributed by atoms with van der Waals surface area (Å²) in [7, 11) is 0. The molecule has 0 aromatic heterocycles. The molecule has 0 aliphatic heterocycles. The molecule has 0 unspecified atom stereocenters. The normalized spacial score (nSPS) is 11.6. The average Bonchev–Trinajstić information content (AvgIpc) is 2.14. The van der Waals surface area contributed by atoms with Gasteiger partial charge in [0.1, 0.15) is 5.78 Å². The predicted octanol–water partition coefficient (Wildman–Crippen LogP) is 4.15. The molecule has 0 aliphatic rings. The van der Waals surface area contributed by atoms with Gasteiger partial charge in [-0.2, -0.15) is 13.2 Å². The van der Waals surface area contributed by atoms with Gasteiger partial charge in [-0.05, 0) is 36.6 Å². The molecule has 0 aliphatic carbocycles. The van der Waals surface area contributed by atoms with Crippen molar-refractivity contribution in [3.05, 3.63) is 23.8 Å². The summed E-state index contributed by atoms with van der Waals surface area (Å²) in [4.78, 5) is 11.7. The van der Waals surface area contributed by atoms with Gasteiger partial charge in [0.2, 0.25) is 0 Å². The summed E-state index contributed by atoms with van der Waals surface area (Å²) in [6.45, 7) is 1.42. The molecule has 0 saturated heterocycles. The van der Waals surface area contributed by atoms with Crippen molar-refractivity contribution < 1.29 is 18.0 Å². The topological polar surface area (TPSA) is 17.1 Å². The van der Waals surface area contributed by atoms with Gasteiger partial charge in [0.05, 0.1) is 0 Å². The fourth-order valence-corrected chi connectivity index (χ4v) is 3.07. The number of hydrogen-bond donors (Lipinski definition) is 0. The Balaban J connectivity index is 3.09. The highest BCUT2D eigenvalue weighted by atomic mass is 32.2. The fraction of sp³-hybridized carbons (Fsp3) is 0.364. The van der Waals surface area contributed by atoms with Crippen molar-refractivity contribution in [3.63, 3.8) is 0 Å². The van der Waals surface area contributed by atoms with Crippen LogP contribution >= 0.6 is 23.5 Å². The lowest BCUT2D eigenvalue weighted by molar-refractivity contribution is -0.116. The molecule has 1 rings (SSSR count). The SMILES string of the molecule is CSc1c(CC(C)=O)cccc1SC(F)(F)F. The van der Waals surface area contributed by atoms with Gasteiger partial charge in [0.15, 0.2) is 0 Å². The van der Waals surface area contributed by atoms with Crippen LogP contribution in [0.2, 0.25) is 0 Å². The van der Waals surface area contributed by atoms with E-state index in [-0.39, 0.29) is 28.9 Å². The third-order valence-electron chi connectivity index (χ3n) is 1.93. The van der Waals surface area contributed by atoms with Crippen molar-refractivity contribution in [3.8, 4) is 0 Å². The second kappa shape index (κ2) is 5.82. The summed E-state index contributed by atoms with van der Waals surface area (Å²) in [5, 5.41) is 0. The number of hydrogen-bond acceptors (Lipinski definition) is 3. The van der Waals surface area contributed by atoms with Crippen LogP contribution < -0.4 is 0 Å². The van der Waals surface area contributed by atoms with Crippen LogP contribution in [-0.4, -0.2) is 17.5 Å².